The van der Waals surface area contributed by atoms with Crippen molar-refractivity contribution in [3.8, 4) is 0 Å². The van der Waals surface area contributed by atoms with Crippen molar-refractivity contribution < 1.29 is 63.0 Å². The van der Waals surface area contributed by atoms with E-state index in [9.17, 15) is 18.0 Å². The van der Waals surface area contributed by atoms with Gasteiger partial charge < -0.3 is 10.9 Å². The summed E-state index contributed by atoms with van der Waals surface area (Å²) in [4.78, 5) is 22.9. The van der Waals surface area contributed by atoms with Crippen molar-refractivity contribution >= 4 is 22.1 Å². The summed E-state index contributed by atoms with van der Waals surface area (Å²) in [5, 5.41) is 0. The van der Waals surface area contributed by atoms with Crippen LogP contribution in [0, 0.1) is 0 Å². The Morgan fingerprint density at radius 2 is 1.31 bits per heavy atom. The standard InChI is InChI=1S/C20H36O7S.Na.H/c1-3-5-6-7-8-9-10-11-12-13-14-17-26-18(21)15-16-19(22)27-20(4-2)28(23,24)25;;/h15-16,20H,3-14,17H2,1-2H3,(H,23,24,25);;/q;+1;-1. The summed E-state index contributed by atoms with van der Waals surface area (Å²) >= 11 is 0. The Balaban J connectivity index is -0.00000364. The Bertz CT molecular complexity index is 568. The first-order valence-corrected chi connectivity index (χ1v) is 11.8. The summed E-state index contributed by atoms with van der Waals surface area (Å²) in [6.07, 6.45) is 14.8. The maximum atomic E-state index is 11.5. The third-order valence-electron chi connectivity index (χ3n) is 4.26. The Labute approximate surface area is 199 Å². The zero-order valence-corrected chi connectivity index (χ0v) is 21.0. The first-order valence-electron chi connectivity index (χ1n) is 10.3. The van der Waals surface area contributed by atoms with Gasteiger partial charge in [-0.15, -0.1) is 0 Å². The van der Waals surface area contributed by atoms with Crippen molar-refractivity contribution in [2.45, 2.75) is 96.3 Å². The SMILES string of the molecule is CCCCCCCCCCCCCOC(=O)C=CC(=O)OC(CC)S(=O)(=O)O.[H-].[Na+]. The quantitative estimate of drug-likeness (QED) is 0.120. The van der Waals surface area contributed by atoms with Crippen LogP contribution in [-0.2, 0) is 29.2 Å². The molecular formula is C20H37NaO7S. The molecule has 0 aliphatic rings. The van der Waals surface area contributed by atoms with Crippen LogP contribution < -0.4 is 29.6 Å². The van der Waals surface area contributed by atoms with E-state index in [4.69, 9.17) is 9.29 Å². The maximum absolute atomic E-state index is 11.5. The van der Waals surface area contributed by atoms with Crippen LogP contribution in [-0.4, -0.2) is 37.0 Å². The molecule has 0 saturated carbocycles. The van der Waals surface area contributed by atoms with Gasteiger partial charge in [0.05, 0.1) is 6.61 Å². The Morgan fingerprint density at radius 3 is 1.76 bits per heavy atom. The van der Waals surface area contributed by atoms with Gasteiger partial charge in [0.15, 0.2) is 0 Å². The van der Waals surface area contributed by atoms with Gasteiger partial charge in [0.25, 0.3) is 0 Å². The van der Waals surface area contributed by atoms with Crippen LogP contribution in [0.4, 0.5) is 0 Å². The molecule has 0 rings (SSSR count). The molecule has 0 aromatic heterocycles. The fraction of sp³-hybridized carbons (Fsp3) is 0.800. The molecule has 0 radical (unpaired) electrons. The molecule has 1 unspecified atom stereocenters. The van der Waals surface area contributed by atoms with E-state index in [0.717, 1.165) is 31.4 Å². The van der Waals surface area contributed by atoms with Crippen LogP contribution in [0.15, 0.2) is 12.2 Å². The van der Waals surface area contributed by atoms with Gasteiger partial charge >= 0.3 is 51.6 Å². The molecule has 1 atom stereocenters. The van der Waals surface area contributed by atoms with Crippen molar-refractivity contribution in [3.63, 3.8) is 0 Å². The molecule has 9 heteroatoms. The number of unbranched alkanes of at least 4 members (excludes halogenated alkanes) is 10. The van der Waals surface area contributed by atoms with Crippen molar-refractivity contribution in [3.05, 3.63) is 12.2 Å². The van der Waals surface area contributed by atoms with Gasteiger partial charge in [-0.2, -0.15) is 8.42 Å². The summed E-state index contributed by atoms with van der Waals surface area (Å²) in [6.45, 7) is 3.94. The largest absolute Gasteiger partial charge is 1.00 e. The normalized spacial score (nSPS) is 12.4. The first kappa shape index (κ1) is 30.8. The van der Waals surface area contributed by atoms with Gasteiger partial charge in [0.2, 0.25) is 5.44 Å². The first-order chi connectivity index (χ1) is 13.3. The van der Waals surface area contributed by atoms with Crippen molar-refractivity contribution in [1.82, 2.24) is 0 Å². The summed E-state index contributed by atoms with van der Waals surface area (Å²) in [5.74, 6) is -1.72. The molecule has 0 saturated heterocycles. The molecule has 0 aliphatic heterocycles. The number of esters is 2. The van der Waals surface area contributed by atoms with E-state index in [1.807, 2.05) is 0 Å². The van der Waals surface area contributed by atoms with E-state index in [2.05, 4.69) is 11.7 Å². The molecule has 166 valence electrons. The second-order valence-corrected chi connectivity index (χ2v) is 8.38. The van der Waals surface area contributed by atoms with Gasteiger partial charge in [-0.25, -0.2) is 9.59 Å². The topological polar surface area (TPSA) is 107 Å². The molecule has 0 aliphatic carbocycles. The minimum Gasteiger partial charge on any atom is -1.00 e. The minimum atomic E-state index is -4.48. The molecule has 0 aromatic rings. The summed E-state index contributed by atoms with van der Waals surface area (Å²) in [5.41, 5.74) is -1.64. The summed E-state index contributed by atoms with van der Waals surface area (Å²) in [7, 11) is -4.48. The van der Waals surface area contributed by atoms with Crippen LogP contribution in [0.25, 0.3) is 0 Å². The van der Waals surface area contributed by atoms with E-state index in [1.54, 1.807) is 0 Å². The Morgan fingerprint density at radius 1 is 0.862 bits per heavy atom. The number of hydrogen-bond acceptors (Lipinski definition) is 6. The van der Waals surface area contributed by atoms with Gasteiger partial charge in [-0.3, -0.25) is 4.55 Å². The zero-order chi connectivity index (χ0) is 21.3. The fourth-order valence-electron chi connectivity index (χ4n) is 2.65. The van der Waals surface area contributed by atoms with Gasteiger partial charge in [-0.05, 0) is 12.8 Å². The van der Waals surface area contributed by atoms with E-state index in [1.165, 1.54) is 58.3 Å². The fourth-order valence-corrected chi connectivity index (χ4v) is 3.28. The summed E-state index contributed by atoms with van der Waals surface area (Å²) < 4.78 is 40.3. The van der Waals surface area contributed by atoms with Crippen LogP contribution in [0.2, 0.25) is 0 Å². The number of carbonyl (C=O) groups is 2. The summed E-state index contributed by atoms with van der Waals surface area (Å²) in [6, 6.07) is 0. The second-order valence-electron chi connectivity index (χ2n) is 6.83. The van der Waals surface area contributed by atoms with Crippen LogP contribution in [0.3, 0.4) is 0 Å². The third-order valence-corrected chi connectivity index (χ3v) is 5.35. The monoisotopic (exact) mass is 444 g/mol. The van der Waals surface area contributed by atoms with Gasteiger partial charge in [0, 0.05) is 12.2 Å². The molecule has 7 nitrogen and oxygen atoms in total. The molecule has 0 spiro atoms. The smallest absolute Gasteiger partial charge is 1.00 e. The molecule has 0 amide bonds. The molecule has 0 heterocycles. The Kier molecular flexibility index (Phi) is 20.7. The molecular weight excluding hydrogens is 407 g/mol. The third kappa shape index (κ3) is 19.3. The molecule has 1 N–H and O–H groups in total. The predicted octanol–water partition coefficient (Wildman–Crippen LogP) is 1.68. The van der Waals surface area contributed by atoms with Crippen LogP contribution >= 0.6 is 0 Å². The van der Waals surface area contributed by atoms with Gasteiger partial charge in [-0.1, -0.05) is 78.1 Å². The molecule has 0 fully saturated rings. The minimum absolute atomic E-state index is 0. The molecule has 0 bridgehead atoms. The number of rotatable bonds is 17. The van der Waals surface area contributed by atoms with Gasteiger partial charge in [0.1, 0.15) is 0 Å². The van der Waals surface area contributed by atoms with Crippen LogP contribution in [0.1, 0.15) is 92.3 Å². The van der Waals surface area contributed by atoms with E-state index in [-0.39, 0.29) is 44.0 Å². The molecule has 29 heavy (non-hydrogen) atoms. The number of ether oxygens (including phenoxy) is 2. The van der Waals surface area contributed by atoms with Crippen molar-refractivity contribution in [2.75, 3.05) is 6.61 Å². The predicted molar refractivity (Wildman–Crippen MR) is 109 cm³/mol. The zero-order valence-electron chi connectivity index (χ0n) is 19.2. The number of hydrogen-bond donors (Lipinski definition) is 1. The van der Waals surface area contributed by atoms with Crippen molar-refractivity contribution in [2.24, 2.45) is 0 Å². The average molecular weight is 445 g/mol. The Hall–Kier alpha value is -0.410. The van der Waals surface area contributed by atoms with E-state index >= 15 is 0 Å². The molecule has 0 aromatic carbocycles. The average Bonchev–Trinajstić information content (AvgIpc) is 2.64. The maximum Gasteiger partial charge on any atom is 1.00 e. The second kappa shape index (κ2) is 19.5. The number of carbonyl (C=O) groups excluding carboxylic acids is 2. The van der Waals surface area contributed by atoms with Crippen molar-refractivity contribution in [1.29, 1.82) is 0 Å². The van der Waals surface area contributed by atoms with E-state index < -0.39 is 27.5 Å². The van der Waals surface area contributed by atoms with Crippen LogP contribution in [0.5, 0.6) is 0 Å². The van der Waals surface area contributed by atoms with E-state index in [0.29, 0.717) is 0 Å².